The van der Waals surface area contributed by atoms with E-state index in [-0.39, 0.29) is 17.2 Å². The topological polar surface area (TPSA) is 110 Å². The number of anilines is 1. The lowest BCUT2D eigenvalue weighted by atomic mass is 9.81. The van der Waals surface area contributed by atoms with Crippen molar-refractivity contribution < 1.29 is 18.4 Å². The lowest BCUT2D eigenvalue weighted by Crippen LogP contribution is -2.16. The molecule has 1 aliphatic carbocycles. The number of sulfonamides is 1. The average molecular weight is 328 g/mol. The Morgan fingerprint density at radius 1 is 1.32 bits per heavy atom. The van der Waals surface area contributed by atoms with Gasteiger partial charge in [-0.05, 0) is 30.4 Å². The van der Waals surface area contributed by atoms with Gasteiger partial charge in [0.2, 0.25) is 10.0 Å². The second-order valence-electron chi connectivity index (χ2n) is 5.65. The molecule has 2 N–H and O–H groups in total. The minimum atomic E-state index is -3.50. The van der Waals surface area contributed by atoms with Crippen LogP contribution in [0.15, 0.2) is 12.1 Å². The molecule has 0 amide bonds. The van der Waals surface area contributed by atoms with E-state index in [1.54, 1.807) is 0 Å². The second kappa shape index (κ2) is 6.62. The monoisotopic (exact) mass is 328 g/mol. The Balaban J connectivity index is 2.60. The van der Waals surface area contributed by atoms with Crippen LogP contribution in [0.5, 0.6) is 0 Å². The molecule has 8 heteroatoms. The van der Waals surface area contributed by atoms with E-state index in [1.165, 1.54) is 12.1 Å². The molecule has 1 saturated carbocycles. The van der Waals surface area contributed by atoms with Crippen LogP contribution in [-0.2, 0) is 16.6 Å². The minimum Gasteiger partial charge on any atom is -0.391 e. The fourth-order valence-corrected chi connectivity index (χ4v) is 3.71. The zero-order chi connectivity index (χ0) is 16.3. The summed E-state index contributed by atoms with van der Waals surface area (Å²) in [6.45, 7) is -0.485. The van der Waals surface area contributed by atoms with Crippen molar-refractivity contribution in [3.63, 3.8) is 0 Å². The number of hydrogen-bond donors (Lipinski definition) is 2. The summed E-state index contributed by atoms with van der Waals surface area (Å²) < 4.78 is 25.5. The van der Waals surface area contributed by atoms with Crippen LogP contribution in [-0.4, -0.2) is 24.7 Å². The van der Waals surface area contributed by atoms with Crippen LogP contribution in [0.4, 0.5) is 11.4 Å². The van der Waals surface area contributed by atoms with Crippen LogP contribution < -0.4 is 4.72 Å². The van der Waals surface area contributed by atoms with E-state index < -0.39 is 21.6 Å². The van der Waals surface area contributed by atoms with Crippen LogP contribution >= 0.6 is 0 Å². The highest BCUT2D eigenvalue weighted by Gasteiger charge is 2.27. The summed E-state index contributed by atoms with van der Waals surface area (Å²) in [5.41, 5.74) is 0.957. The maximum absolute atomic E-state index is 11.5. The third-order valence-corrected chi connectivity index (χ3v) is 4.59. The quantitative estimate of drug-likeness (QED) is 0.637. The Hall–Kier alpha value is -1.67. The van der Waals surface area contributed by atoms with E-state index in [9.17, 15) is 23.6 Å². The molecule has 0 spiro atoms. The maximum Gasteiger partial charge on any atom is 0.275 e. The van der Waals surface area contributed by atoms with Gasteiger partial charge in [0.1, 0.15) is 0 Å². The van der Waals surface area contributed by atoms with Crippen molar-refractivity contribution in [3.05, 3.63) is 33.4 Å². The highest BCUT2D eigenvalue weighted by molar-refractivity contribution is 7.92. The summed E-state index contributed by atoms with van der Waals surface area (Å²) in [7, 11) is -3.50. The van der Waals surface area contributed by atoms with Gasteiger partial charge in [0.25, 0.3) is 5.69 Å². The number of nitrogens with zero attached hydrogens (tertiary/aromatic N) is 1. The summed E-state index contributed by atoms with van der Waals surface area (Å²) >= 11 is 0. The van der Waals surface area contributed by atoms with Gasteiger partial charge in [0.15, 0.2) is 0 Å². The van der Waals surface area contributed by atoms with E-state index >= 15 is 0 Å². The summed E-state index contributed by atoms with van der Waals surface area (Å²) in [6, 6.07) is 2.66. The van der Waals surface area contributed by atoms with Crippen LogP contribution in [0.3, 0.4) is 0 Å². The molecule has 0 saturated heterocycles. The molecule has 0 atom stereocenters. The largest absolute Gasteiger partial charge is 0.391 e. The summed E-state index contributed by atoms with van der Waals surface area (Å²) in [5, 5.41) is 20.8. The number of rotatable bonds is 5. The Labute approximate surface area is 129 Å². The zero-order valence-electron chi connectivity index (χ0n) is 12.4. The lowest BCUT2D eigenvalue weighted by molar-refractivity contribution is -0.385. The molecule has 0 radical (unpaired) electrons. The van der Waals surface area contributed by atoms with Gasteiger partial charge in [-0.2, -0.15) is 0 Å². The predicted octanol–water partition coefficient (Wildman–Crippen LogP) is 2.51. The molecule has 0 aromatic heterocycles. The third-order valence-electron chi connectivity index (χ3n) is 4.00. The highest BCUT2D eigenvalue weighted by Crippen LogP contribution is 2.41. The fraction of sp³-hybridized carbons (Fsp3) is 0.571. The van der Waals surface area contributed by atoms with Crippen LogP contribution in [0, 0.1) is 10.1 Å². The van der Waals surface area contributed by atoms with Crippen LogP contribution in [0.2, 0.25) is 0 Å². The van der Waals surface area contributed by atoms with Gasteiger partial charge in [-0.3, -0.25) is 14.8 Å². The molecule has 0 bridgehead atoms. The third kappa shape index (κ3) is 3.75. The van der Waals surface area contributed by atoms with Gasteiger partial charge in [-0.1, -0.05) is 19.3 Å². The van der Waals surface area contributed by atoms with Crippen LogP contribution in [0.1, 0.15) is 49.1 Å². The summed E-state index contributed by atoms with van der Waals surface area (Å²) in [6.07, 6.45) is 5.82. The number of nitrogens with one attached hydrogen (secondary N) is 1. The van der Waals surface area contributed by atoms with Crippen molar-refractivity contribution in [1.29, 1.82) is 0 Å². The van der Waals surface area contributed by atoms with Crippen LogP contribution in [0.25, 0.3) is 0 Å². The standard InChI is InChI=1S/C14H20N2O5S/c1-22(20,21)15-12-7-8-13(16(18)19)11(9-17)14(12)10-5-3-2-4-6-10/h7-8,10,15,17H,2-6,9H2,1H3. The lowest BCUT2D eigenvalue weighted by Gasteiger charge is -2.26. The zero-order valence-corrected chi connectivity index (χ0v) is 13.2. The Kier molecular flexibility index (Phi) is 5.02. The molecule has 1 aromatic carbocycles. The van der Waals surface area contributed by atoms with Gasteiger partial charge in [0, 0.05) is 6.07 Å². The summed E-state index contributed by atoms with van der Waals surface area (Å²) in [4.78, 5) is 10.6. The number of hydrogen-bond acceptors (Lipinski definition) is 5. The highest BCUT2D eigenvalue weighted by atomic mass is 32.2. The number of nitro groups is 1. The van der Waals surface area contributed by atoms with Crippen molar-refractivity contribution >= 4 is 21.4 Å². The smallest absolute Gasteiger partial charge is 0.275 e. The van der Waals surface area contributed by atoms with Crippen molar-refractivity contribution in [2.45, 2.75) is 44.6 Å². The van der Waals surface area contributed by atoms with Gasteiger partial charge in [-0.25, -0.2) is 8.42 Å². The number of nitro benzene ring substituents is 1. The number of benzene rings is 1. The second-order valence-corrected chi connectivity index (χ2v) is 7.40. The first-order valence-corrected chi connectivity index (χ1v) is 9.11. The van der Waals surface area contributed by atoms with E-state index in [4.69, 9.17) is 0 Å². The van der Waals surface area contributed by atoms with E-state index in [1.807, 2.05) is 0 Å². The van der Waals surface area contributed by atoms with Crippen molar-refractivity contribution in [2.24, 2.45) is 0 Å². The minimum absolute atomic E-state index is 0.0278. The Morgan fingerprint density at radius 3 is 2.45 bits per heavy atom. The molecule has 0 unspecified atom stereocenters. The molecule has 1 aliphatic rings. The normalized spacial score (nSPS) is 16.5. The Bertz CT molecular complexity index is 666. The first-order chi connectivity index (χ1) is 10.3. The molecule has 0 aliphatic heterocycles. The first kappa shape index (κ1) is 16.7. The van der Waals surface area contributed by atoms with Gasteiger partial charge in [0.05, 0.1) is 29.0 Å². The Morgan fingerprint density at radius 2 is 1.95 bits per heavy atom. The number of aliphatic hydroxyl groups excluding tert-OH is 1. The molecule has 122 valence electrons. The van der Waals surface area contributed by atoms with E-state index in [2.05, 4.69) is 4.72 Å². The molecule has 1 aromatic rings. The molecule has 0 heterocycles. The van der Waals surface area contributed by atoms with Gasteiger partial charge < -0.3 is 5.11 Å². The first-order valence-electron chi connectivity index (χ1n) is 7.22. The fourth-order valence-electron chi connectivity index (χ4n) is 3.14. The molecule has 7 nitrogen and oxygen atoms in total. The van der Waals surface area contributed by atoms with Gasteiger partial charge in [-0.15, -0.1) is 0 Å². The van der Waals surface area contributed by atoms with Crippen molar-refractivity contribution in [1.82, 2.24) is 0 Å². The van der Waals surface area contributed by atoms with E-state index in [0.29, 0.717) is 11.3 Å². The van der Waals surface area contributed by atoms with Crippen molar-refractivity contribution in [3.8, 4) is 0 Å². The maximum atomic E-state index is 11.5. The summed E-state index contributed by atoms with van der Waals surface area (Å²) in [5.74, 6) is 0.0278. The average Bonchev–Trinajstić information content (AvgIpc) is 2.45. The molecule has 22 heavy (non-hydrogen) atoms. The van der Waals surface area contributed by atoms with Gasteiger partial charge >= 0.3 is 0 Å². The predicted molar refractivity (Wildman–Crippen MR) is 83.3 cm³/mol. The molecular formula is C14H20N2O5S. The molecule has 1 fully saturated rings. The SMILES string of the molecule is CS(=O)(=O)Nc1ccc([N+](=O)[O-])c(CO)c1C1CCCCC1. The van der Waals surface area contributed by atoms with E-state index in [0.717, 1.165) is 38.4 Å². The molecular weight excluding hydrogens is 308 g/mol. The molecule has 2 rings (SSSR count). The number of aliphatic hydroxyl groups is 1. The van der Waals surface area contributed by atoms with Crippen molar-refractivity contribution in [2.75, 3.05) is 11.0 Å².